The van der Waals surface area contributed by atoms with Gasteiger partial charge in [-0.1, -0.05) is 11.8 Å². The third-order valence-electron chi connectivity index (χ3n) is 4.77. The highest BCUT2D eigenvalue weighted by atomic mass is 32.2. The van der Waals surface area contributed by atoms with Gasteiger partial charge in [0.1, 0.15) is 5.75 Å². The van der Waals surface area contributed by atoms with Gasteiger partial charge in [0.15, 0.2) is 5.16 Å². The second-order valence-corrected chi connectivity index (χ2v) is 8.23. The molecular weight excluding hydrogens is 444 g/mol. The number of amides is 1. The Kier molecular flexibility index (Phi) is 7.44. The molecule has 0 radical (unpaired) electrons. The number of rotatable bonds is 8. The van der Waals surface area contributed by atoms with Gasteiger partial charge in [0.05, 0.1) is 35.8 Å². The van der Waals surface area contributed by atoms with Crippen molar-refractivity contribution in [3.63, 3.8) is 0 Å². The molecule has 0 bridgehead atoms. The van der Waals surface area contributed by atoms with Crippen LogP contribution in [0.1, 0.15) is 28.3 Å². The van der Waals surface area contributed by atoms with Crippen molar-refractivity contribution in [2.24, 2.45) is 5.10 Å². The maximum Gasteiger partial charge on any atom is 0.273 e. The average Bonchev–Trinajstić information content (AvgIpc) is 3.04. The average molecular weight is 469 g/mol. The molecule has 3 rings (SSSR count). The molecule has 0 aliphatic carbocycles. The van der Waals surface area contributed by atoms with E-state index in [-0.39, 0.29) is 17.3 Å². The van der Waals surface area contributed by atoms with E-state index < -0.39 is 4.92 Å². The van der Waals surface area contributed by atoms with E-state index in [0.29, 0.717) is 16.6 Å². The summed E-state index contributed by atoms with van der Waals surface area (Å²) in [7, 11) is 1.47. The molecule has 0 spiro atoms. The van der Waals surface area contributed by atoms with E-state index in [0.717, 1.165) is 28.3 Å². The first-order valence-electron chi connectivity index (χ1n) is 9.98. The Morgan fingerprint density at radius 1 is 1.21 bits per heavy atom. The molecule has 10 nitrogen and oxygen atoms in total. The fourth-order valence-corrected chi connectivity index (χ4v) is 4.09. The van der Waals surface area contributed by atoms with Gasteiger partial charge < -0.3 is 9.30 Å². The standard InChI is InChI=1S/C22H24N6O4S/c1-13-8-14(2)25-22(24-13)33-12-21(29)26-23-11-17-9-15(3)27(16(17)4)19-7-6-18(28(30)31)10-20(19)32-5/h6-11H,12H2,1-5H3,(H,26,29)/b23-11-. The van der Waals surface area contributed by atoms with Crippen LogP contribution in [0.5, 0.6) is 5.75 Å². The Bertz CT molecular complexity index is 1220. The number of non-ortho nitro benzene ring substituents is 1. The highest BCUT2D eigenvalue weighted by Gasteiger charge is 2.17. The zero-order valence-corrected chi connectivity index (χ0v) is 19.8. The van der Waals surface area contributed by atoms with Crippen molar-refractivity contribution in [3.8, 4) is 11.4 Å². The molecule has 0 aliphatic rings. The fourth-order valence-electron chi connectivity index (χ4n) is 3.35. The van der Waals surface area contributed by atoms with Crippen molar-refractivity contribution < 1.29 is 14.5 Å². The number of nitro benzene ring substituents is 1. The molecule has 0 saturated carbocycles. The van der Waals surface area contributed by atoms with Gasteiger partial charge in [-0.05, 0) is 45.9 Å². The summed E-state index contributed by atoms with van der Waals surface area (Å²) < 4.78 is 7.29. The van der Waals surface area contributed by atoms with Gasteiger partial charge in [0.2, 0.25) is 0 Å². The van der Waals surface area contributed by atoms with Gasteiger partial charge in [-0.2, -0.15) is 5.10 Å². The lowest BCUT2D eigenvalue weighted by Gasteiger charge is -2.13. The number of aryl methyl sites for hydroxylation is 3. The number of hydrazone groups is 1. The molecular formula is C22H24N6O4S. The minimum absolute atomic E-state index is 0.0494. The Labute approximate surface area is 195 Å². The van der Waals surface area contributed by atoms with Crippen LogP contribution in [0.25, 0.3) is 5.69 Å². The lowest BCUT2D eigenvalue weighted by atomic mass is 10.2. The van der Waals surface area contributed by atoms with Gasteiger partial charge in [-0.3, -0.25) is 14.9 Å². The van der Waals surface area contributed by atoms with Gasteiger partial charge in [-0.25, -0.2) is 15.4 Å². The maximum absolute atomic E-state index is 12.1. The molecule has 2 heterocycles. The number of carbonyl (C=O) groups excluding carboxylic acids is 1. The molecule has 3 aromatic rings. The van der Waals surface area contributed by atoms with Crippen LogP contribution < -0.4 is 10.2 Å². The number of thioether (sulfide) groups is 1. The highest BCUT2D eigenvalue weighted by Crippen LogP contribution is 2.31. The van der Waals surface area contributed by atoms with Crippen LogP contribution in [0.4, 0.5) is 5.69 Å². The number of nitro groups is 1. The number of benzene rings is 1. The molecule has 0 saturated heterocycles. The van der Waals surface area contributed by atoms with Crippen molar-refractivity contribution in [2.75, 3.05) is 12.9 Å². The Hall–Kier alpha value is -3.73. The molecule has 33 heavy (non-hydrogen) atoms. The van der Waals surface area contributed by atoms with Gasteiger partial charge in [0.25, 0.3) is 11.6 Å². The van der Waals surface area contributed by atoms with E-state index in [4.69, 9.17) is 4.74 Å². The molecule has 1 amide bonds. The van der Waals surface area contributed by atoms with E-state index in [2.05, 4.69) is 20.5 Å². The Balaban J connectivity index is 1.71. The molecule has 11 heteroatoms. The predicted molar refractivity (Wildman–Crippen MR) is 126 cm³/mol. The van der Waals surface area contributed by atoms with Crippen LogP contribution in [-0.2, 0) is 4.79 Å². The number of hydrogen-bond donors (Lipinski definition) is 1. The number of hydrogen-bond acceptors (Lipinski definition) is 8. The molecule has 2 aromatic heterocycles. The van der Waals surface area contributed by atoms with E-state index in [1.54, 1.807) is 12.3 Å². The SMILES string of the molecule is COc1cc([N+](=O)[O-])ccc1-n1c(C)cc(/C=N\NC(=O)CSc2nc(C)cc(C)n2)c1C. The van der Waals surface area contributed by atoms with E-state index in [1.807, 2.05) is 44.4 Å². The molecule has 1 aromatic carbocycles. The predicted octanol–water partition coefficient (Wildman–Crippen LogP) is 3.66. The second-order valence-electron chi connectivity index (χ2n) is 7.29. The lowest BCUT2D eigenvalue weighted by molar-refractivity contribution is -0.384. The van der Waals surface area contributed by atoms with E-state index >= 15 is 0 Å². The first kappa shape index (κ1) is 23.9. The number of carbonyl (C=O) groups is 1. The summed E-state index contributed by atoms with van der Waals surface area (Å²) in [6.45, 7) is 7.56. The summed E-state index contributed by atoms with van der Waals surface area (Å²) >= 11 is 1.24. The van der Waals surface area contributed by atoms with Crippen LogP contribution in [-0.4, -0.2) is 44.4 Å². The molecule has 172 valence electrons. The minimum Gasteiger partial charge on any atom is -0.494 e. The summed E-state index contributed by atoms with van der Waals surface area (Å²) in [5, 5.41) is 15.7. The quantitative estimate of drug-likeness (QED) is 0.176. The van der Waals surface area contributed by atoms with Crippen LogP contribution >= 0.6 is 11.8 Å². The van der Waals surface area contributed by atoms with E-state index in [1.165, 1.54) is 31.0 Å². The molecule has 0 unspecified atom stereocenters. The normalized spacial score (nSPS) is 11.1. The molecule has 0 atom stereocenters. The van der Waals surface area contributed by atoms with Crippen molar-refractivity contribution in [1.29, 1.82) is 0 Å². The number of methoxy groups -OCH3 is 1. The number of ether oxygens (including phenoxy) is 1. The summed E-state index contributed by atoms with van der Waals surface area (Å²) in [4.78, 5) is 31.3. The number of nitrogens with zero attached hydrogens (tertiary/aromatic N) is 5. The summed E-state index contributed by atoms with van der Waals surface area (Å²) in [5.74, 6) is 0.248. The monoisotopic (exact) mass is 468 g/mol. The smallest absolute Gasteiger partial charge is 0.273 e. The number of aromatic nitrogens is 3. The van der Waals surface area contributed by atoms with Crippen LogP contribution in [0.2, 0.25) is 0 Å². The van der Waals surface area contributed by atoms with E-state index in [9.17, 15) is 14.9 Å². The van der Waals surface area contributed by atoms with Gasteiger partial charge >= 0.3 is 0 Å². The van der Waals surface area contributed by atoms with Crippen LogP contribution in [0.3, 0.4) is 0 Å². The largest absolute Gasteiger partial charge is 0.494 e. The Morgan fingerprint density at radius 2 is 1.91 bits per heavy atom. The summed E-state index contributed by atoms with van der Waals surface area (Å²) in [5.41, 5.74) is 7.36. The fraction of sp³-hybridized carbons (Fsp3) is 0.273. The topological polar surface area (TPSA) is 125 Å². The second kappa shape index (κ2) is 10.3. The van der Waals surface area contributed by atoms with Crippen LogP contribution in [0, 0.1) is 37.8 Å². The number of nitrogens with one attached hydrogen (secondary N) is 1. The molecule has 0 aliphatic heterocycles. The molecule has 0 fully saturated rings. The minimum atomic E-state index is -0.465. The van der Waals surface area contributed by atoms with Crippen molar-refractivity contribution in [1.82, 2.24) is 20.0 Å². The van der Waals surface area contributed by atoms with Gasteiger partial charge in [-0.15, -0.1) is 0 Å². The van der Waals surface area contributed by atoms with Gasteiger partial charge in [0, 0.05) is 34.4 Å². The maximum atomic E-state index is 12.1. The third kappa shape index (κ3) is 5.75. The summed E-state index contributed by atoms with van der Waals surface area (Å²) in [6, 6.07) is 8.24. The third-order valence-corrected chi connectivity index (χ3v) is 5.62. The first-order chi connectivity index (χ1) is 15.7. The molecule has 1 N–H and O–H groups in total. The summed E-state index contributed by atoms with van der Waals surface area (Å²) in [6.07, 6.45) is 1.56. The lowest BCUT2D eigenvalue weighted by Crippen LogP contribution is -2.19. The first-order valence-corrected chi connectivity index (χ1v) is 11.0. The van der Waals surface area contributed by atoms with Crippen LogP contribution in [0.15, 0.2) is 40.6 Å². The Morgan fingerprint density at radius 3 is 2.55 bits per heavy atom. The highest BCUT2D eigenvalue weighted by molar-refractivity contribution is 7.99. The van der Waals surface area contributed by atoms with Crippen molar-refractivity contribution in [2.45, 2.75) is 32.9 Å². The van der Waals surface area contributed by atoms with Crippen molar-refractivity contribution in [3.05, 3.63) is 68.8 Å². The zero-order valence-electron chi connectivity index (χ0n) is 18.9. The zero-order chi connectivity index (χ0) is 24.1. The van der Waals surface area contributed by atoms with Crippen molar-refractivity contribution >= 4 is 29.6 Å².